The Morgan fingerprint density at radius 3 is 2.41 bits per heavy atom. The molecule has 0 spiro atoms. The number of carbonyl (C=O) groups is 1. The van der Waals surface area contributed by atoms with E-state index in [9.17, 15) is 9.90 Å². The van der Waals surface area contributed by atoms with Crippen molar-refractivity contribution in [3.05, 3.63) is 71.0 Å². The fourth-order valence-corrected chi connectivity index (χ4v) is 2.31. The largest absolute Gasteiger partial charge is 0.616 e. The molecule has 1 aromatic rings. The number of nitrogens with zero attached hydrogens (tertiary/aromatic N) is 1. The molecule has 0 fully saturated rings. The van der Waals surface area contributed by atoms with Gasteiger partial charge in [-0.15, -0.1) is 0 Å². The summed E-state index contributed by atoms with van der Waals surface area (Å²) in [6.07, 6.45) is 1.80. The van der Waals surface area contributed by atoms with Crippen LogP contribution in [0.2, 0.25) is 0 Å². The van der Waals surface area contributed by atoms with Crippen molar-refractivity contribution in [2.24, 2.45) is 0 Å². The highest BCUT2D eigenvalue weighted by Crippen LogP contribution is 2.34. The Hall–Kier alpha value is -2.82. The second-order valence-electron chi connectivity index (χ2n) is 4.68. The van der Waals surface area contributed by atoms with Crippen LogP contribution in [0.1, 0.15) is 12.5 Å². The van der Waals surface area contributed by atoms with Gasteiger partial charge in [0, 0.05) is 12.5 Å². The molecule has 0 bridgehead atoms. The molecule has 0 N–H and O–H groups in total. The molecule has 1 aliphatic heterocycles. The number of hydrogen-bond acceptors (Lipinski definition) is 4. The summed E-state index contributed by atoms with van der Waals surface area (Å²) in [6.45, 7) is 5.64. The third-order valence-electron chi connectivity index (χ3n) is 3.41. The Morgan fingerprint density at radius 1 is 1.23 bits per heavy atom. The fraction of sp³-hybridized carbons (Fsp3) is 0.176. The summed E-state index contributed by atoms with van der Waals surface area (Å²) in [5, 5.41) is 12.0. The first-order valence-corrected chi connectivity index (χ1v) is 6.64. The molecule has 1 heterocycles. The van der Waals surface area contributed by atoms with Gasteiger partial charge in [0.25, 0.3) is 0 Å². The first-order valence-electron chi connectivity index (χ1n) is 6.64. The van der Waals surface area contributed by atoms with Crippen LogP contribution in [0.25, 0.3) is 0 Å². The summed E-state index contributed by atoms with van der Waals surface area (Å²) in [5.41, 5.74) is 2.17. The zero-order chi connectivity index (χ0) is 16.3. The third kappa shape index (κ3) is 2.65. The summed E-state index contributed by atoms with van der Waals surface area (Å²) >= 11 is 0. The highest BCUT2D eigenvalue weighted by Gasteiger charge is 2.39. The van der Waals surface area contributed by atoms with E-state index < -0.39 is 11.9 Å². The van der Waals surface area contributed by atoms with Gasteiger partial charge >= 0.3 is 5.97 Å². The topological polar surface area (TPSA) is 61.6 Å². The first kappa shape index (κ1) is 15.6. The van der Waals surface area contributed by atoms with E-state index in [-0.39, 0.29) is 11.1 Å². The van der Waals surface area contributed by atoms with E-state index in [4.69, 9.17) is 9.47 Å². The maximum Gasteiger partial charge on any atom is 0.345 e. The Labute approximate surface area is 129 Å². The lowest BCUT2D eigenvalue weighted by Gasteiger charge is -2.12. The monoisotopic (exact) mass is 299 g/mol. The number of carbonyl (C=O) groups excluding carboxylic acids is 1. The summed E-state index contributed by atoms with van der Waals surface area (Å²) in [5.74, 6) is -1.21. The van der Waals surface area contributed by atoms with Gasteiger partial charge < -0.3 is 14.6 Å². The molecule has 22 heavy (non-hydrogen) atoms. The summed E-state index contributed by atoms with van der Waals surface area (Å²) in [4.78, 5) is 12.0. The molecule has 0 atom stereocenters. The van der Waals surface area contributed by atoms with E-state index in [1.54, 1.807) is 17.7 Å². The average Bonchev–Trinajstić information content (AvgIpc) is 2.79. The predicted octanol–water partition coefficient (Wildman–Crippen LogP) is 1.31. The smallest absolute Gasteiger partial charge is 0.345 e. The minimum atomic E-state index is -0.617. The van der Waals surface area contributed by atoms with Gasteiger partial charge in [0.2, 0.25) is 5.70 Å². The van der Waals surface area contributed by atoms with Crippen molar-refractivity contribution in [3.63, 3.8) is 0 Å². The fourth-order valence-electron chi connectivity index (χ4n) is 2.31. The molecule has 2 rings (SSSR count). The van der Waals surface area contributed by atoms with E-state index in [1.165, 1.54) is 14.2 Å². The molecule has 5 heteroatoms. The van der Waals surface area contributed by atoms with Crippen molar-refractivity contribution in [1.82, 2.24) is 0 Å². The van der Waals surface area contributed by atoms with Crippen molar-refractivity contribution < 1.29 is 24.0 Å². The van der Waals surface area contributed by atoms with E-state index in [0.717, 1.165) is 5.56 Å². The normalized spacial score (nSPS) is 18.7. The van der Waals surface area contributed by atoms with Crippen LogP contribution in [-0.2, 0) is 14.3 Å². The molecule has 0 saturated heterocycles. The molecule has 0 radical (unpaired) electrons. The Morgan fingerprint density at radius 2 is 1.86 bits per heavy atom. The molecular weight excluding hydrogens is 282 g/mol. The highest BCUT2D eigenvalue weighted by atomic mass is 16.6. The summed E-state index contributed by atoms with van der Waals surface area (Å²) in [6, 6.07) is 9.53. The number of rotatable bonds is 3. The maximum atomic E-state index is 12.0. The first-order chi connectivity index (χ1) is 10.5. The van der Waals surface area contributed by atoms with Crippen molar-refractivity contribution in [2.75, 3.05) is 14.2 Å². The number of esters is 1. The number of ether oxygens (including phenoxy) is 2. The zero-order valence-electron chi connectivity index (χ0n) is 12.8. The van der Waals surface area contributed by atoms with Gasteiger partial charge in [-0.25, -0.2) is 4.79 Å². The SMILES string of the molecule is C=C1/C(=C(\[O-])OC)C(C(=O)OC)=C(C)[N+]1=Cc1ccccc1. The van der Waals surface area contributed by atoms with Crippen LogP contribution in [0, 0.1) is 0 Å². The Kier molecular flexibility index (Phi) is 4.46. The molecule has 0 amide bonds. The molecule has 5 nitrogen and oxygen atoms in total. The highest BCUT2D eigenvalue weighted by molar-refractivity contribution is 5.96. The zero-order valence-corrected chi connectivity index (χ0v) is 12.8. The van der Waals surface area contributed by atoms with Gasteiger partial charge in [-0.2, -0.15) is 4.58 Å². The van der Waals surface area contributed by atoms with Crippen LogP contribution in [0.3, 0.4) is 0 Å². The Bertz CT molecular complexity index is 711. The molecule has 0 unspecified atom stereocenters. The van der Waals surface area contributed by atoms with Crippen LogP contribution in [-0.4, -0.2) is 31.0 Å². The summed E-state index contributed by atoms with van der Waals surface area (Å²) in [7, 11) is 2.53. The van der Waals surface area contributed by atoms with Crippen LogP contribution in [0.15, 0.2) is 65.4 Å². The predicted molar refractivity (Wildman–Crippen MR) is 79.8 cm³/mol. The quantitative estimate of drug-likeness (QED) is 0.480. The van der Waals surface area contributed by atoms with Crippen molar-refractivity contribution in [1.29, 1.82) is 0 Å². The summed E-state index contributed by atoms with van der Waals surface area (Å²) < 4.78 is 11.2. The van der Waals surface area contributed by atoms with Crippen LogP contribution < -0.4 is 5.11 Å². The minimum absolute atomic E-state index is 0.124. The molecule has 0 saturated carbocycles. The number of methoxy groups -OCH3 is 2. The molecule has 1 aliphatic rings. The maximum absolute atomic E-state index is 12.0. The third-order valence-corrected chi connectivity index (χ3v) is 3.41. The van der Waals surface area contributed by atoms with E-state index in [2.05, 4.69) is 6.58 Å². The van der Waals surface area contributed by atoms with Crippen molar-refractivity contribution in [3.8, 4) is 0 Å². The minimum Gasteiger partial charge on any atom is -0.616 e. The van der Waals surface area contributed by atoms with E-state index in [1.807, 2.05) is 30.3 Å². The van der Waals surface area contributed by atoms with Gasteiger partial charge in [-0.05, 0) is 25.8 Å². The van der Waals surface area contributed by atoms with E-state index in [0.29, 0.717) is 11.4 Å². The van der Waals surface area contributed by atoms with Crippen molar-refractivity contribution in [2.45, 2.75) is 6.92 Å². The average molecular weight is 299 g/mol. The number of allylic oxidation sites excluding steroid dienone is 2. The molecule has 114 valence electrons. The lowest BCUT2D eigenvalue weighted by atomic mass is 10.1. The lowest BCUT2D eigenvalue weighted by molar-refractivity contribution is -0.407. The molecule has 0 aliphatic carbocycles. The van der Waals surface area contributed by atoms with Crippen LogP contribution in [0.5, 0.6) is 0 Å². The van der Waals surface area contributed by atoms with Gasteiger partial charge in [-0.3, -0.25) is 0 Å². The van der Waals surface area contributed by atoms with Crippen LogP contribution >= 0.6 is 0 Å². The Balaban J connectivity index is 2.64. The lowest BCUT2D eigenvalue weighted by Crippen LogP contribution is -2.15. The molecule has 1 aromatic carbocycles. The van der Waals surface area contributed by atoms with Gasteiger partial charge in [-0.1, -0.05) is 18.2 Å². The second-order valence-corrected chi connectivity index (χ2v) is 4.68. The number of hydrogen-bond donors (Lipinski definition) is 0. The van der Waals surface area contributed by atoms with E-state index >= 15 is 0 Å². The second kappa shape index (κ2) is 6.30. The van der Waals surface area contributed by atoms with Crippen molar-refractivity contribution >= 4 is 12.2 Å². The standard InChI is InChI=1S/C17H17NO4/c1-11-14(16(19)21-3)15(17(20)22-4)12(2)18(11)10-13-8-6-5-7-9-13/h5-10H,1H2,2-4H3/b16-14-,18-10?. The van der Waals surface area contributed by atoms with Crippen LogP contribution in [0.4, 0.5) is 0 Å². The molecule has 0 aromatic heterocycles. The molecular formula is C17H17NO4. The number of benzene rings is 1. The van der Waals surface area contributed by atoms with Gasteiger partial charge in [0.1, 0.15) is 5.57 Å². The van der Waals surface area contributed by atoms with Gasteiger partial charge in [0.15, 0.2) is 11.9 Å². The van der Waals surface area contributed by atoms with Gasteiger partial charge in [0.05, 0.1) is 18.6 Å².